The molecule has 0 N–H and O–H groups in total. The molecular formula is C46H31NO. The summed E-state index contributed by atoms with van der Waals surface area (Å²) in [4.78, 5) is 2.32. The van der Waals surface area contributed by atoms with Crippen molar-refractivity contribution in [2.45, 2.75) is 0 Å². The molecule has 8 aromatic carbocycles. The molecule has 0 atom stereocenters. The van der Waals surface area contributed by atoms with E-state index in [0.717, 1.165) is 44.9 Å². The van der Waals surface area contributed by atoms with Crippen molar-refractivity contribution in [1.29, 1.82) is 0 Å². The lowest BCUT2D eigenvalue weighted by atomic mass is 9.88. The maximum Gasteiger partial charge on any atom is 0.159 e. The Balaban J connectivity index is 1.24. The third-order valence-corrected chi connectivity index (χ3v) is 9.28. The quantitative estimate of drug-likeness (QED) is 0.185. The highest BCUT2D eigenvalue weighted by Crippen LogP contribution is 2.55. The van der Waals surface area contributed by atoms with E-state index < -0.39 is 0 Å². The maximum absolute atomic E-state index is 7.01. The predicted molar refractivity (Wildman–Crippen MR) is 200 cm³/mol. The van der Waals surface area contributed by atoms with Crippen LogP contribution in [-0.2, 0) is 0 Å². The van der Waals surface area contributed by atoms with Crippen LogP contribution in [0.1, 0.15) is 0 Å². The van der Waals surface area contributed by atoms with Gasteiger partial charge in [-0.2, -0.15) is 0 Å². The summed E-state index contributed by atoms with van der Waals surface area (Å²) in [7, 11) is 0. The highest BCUT2D eigenvalue weighted by Gasteiger charge is 2.28. The second-order valence-corrected chi connectivity index (χ2v) is 12.1. The fourth-order valence-corrected chi connectivity index (χ4v) is 6.98. The van der Waals surface area contributed by atoms with E-state index in [-0.39, 0.29) is 0 Å². The van der Waals surface area contributed by atoms with Crippen molar-refractivity contribution in [2.24, 2.45) is 0 Å². The van der Waals surface area contributed by atoms with Gasteiger partial charge in [0.2, 0.25) is 0 Å². The van der Waals surface area contributed by atoms with Crippen LogP contribution in [0.25, 0.3) is 55.3 Å². The minimum atomic E-state index is 0.861. The van der Waals surface area contributed by atoms with Crippen LogP contribution in [0.5, 0.6) is 11.5 Å². The molecule has 1 aliphatic heterocycles. The molecule has 1 aliphatic rings. The van der Waals surface area contributed by atoms with Gasteiger partial charge in [0.05, 0.1) is 5.69 Å². The molecular weight excluding hydrogens is 583 g/mol. The molecule has 1 heterocycles. The van der Waals surface area contributed by atoms with Gasteiger partial charge in [-0.05, 0) is 80.7 Å². The van der Waals surface area contributed by atoms with Gasteiger partial charge < -0.3 is 9.64 Å². The van der Waals surface area contributed by atoms with Gasteiger partial charge in [-0.25, -0.2) is 0 Å². The SMILES string of the molecule is c1ccc(-c2ccc(N(c3ccc(-c4ccccc4)cc3)c3ccc4cccc5c4c3Oc3cccc(-c4ccccc4)c3-5)cc2)cc1. The highest BCUT2D eigenvalue weighted by atomic mass is 16.5. The molecule has 48 heavy (non-hydrogen) atoms. The van der Waals surface area contributed by atoms with Crippen molar-refractivity contribution in [3.05, 3.63) is 188 Å². The first-order chi connectivity index (χ1) is 23.8. The largest absolute Gasteiger partial charge is 0.454 e. The Kier molecular flexibility index (Phi) is 6.84. The van der Waals surface area contributed by atoms with Gasteiger partial charge in [0, 0.05) is 22.3 Å². The zero-order valence-electron chi connectivity index (χ0n) is 26.3. The van der Waals surface area contributed by atoms with E-state index in [9.17, 15) is 0 Å². The van der Waals surface area contributed by atoms with E-state index in [2.05, 4.69) is 193 Å². The molecule has 0 spiro atoms. The Morgan fingerprint density at radius 2 is 0.854 bits per heavy atom. The molecule has 2 nitrogen and oxygen atoms in total. The second kappa shape index (κ2) is 11.8. The number of rotatable bonds is 6. The summed E-state index contributed by atoms with van der Waals surface area (Å²) >= 11 is 0. The van der Waals surface area contributed by atoms with Gasteiger partial charge in [0.25, 0.3) is 0 Å². The topological polar surface area (TPSA) is 12.5 Å². The summed E-state index contributed by atoms with van der Waals surface area (Å²) in [6.07, 6.45) is 0. The molecule has 0 amide bonds. The molecule has 0 aliphatic carbocycles. The second-order valence-electron chi connectivity index (χ2n) is 12.1. The van der Waals surface area contributed by atoms with Gasteiger partial charge in [-0.15, -0.1) is 0 Å². The Hall–Kier alpha value is -6.38. The van der Waals surface area contributed by atoms with E-state index in [1.807, 2.05) is 0 Å². The molecule has 0 saturated heterocycles. The molecule has 8 aromatic rings. The van der Waals surface area contributed by atoms with Gasteiger partial charge in [0.1, 0.15) is 5.75 Å². The van der Waals surface area contributed by atoms with Crippen molar-refractivity contribution >= 4 is 27.8 Å². The number of nitrogens with zero attached hydrogens (tertiary/aromatic N) is 1. The number of benzene rings is 8. The fraction of sp³-hybridized carbons (Fsp3) is 0. The molecule has 226 valence electrons. The van der Waals surface area contributed by atoms with Crippen LogP contribution < -0.4 is 9.64 Å². The summed E-state index contributed by atoms with van der Waals surface area (Å²) in [6, 6.07) is 66.7. The first-order valence-corrected chi connectivity index (χ1v) is 16.4. The number of anilines is 3. The van der Waals surface area contributed by atoms with Crippen molar-refractivity contribution in [3.63, 3.8) is 0 Å². The van der Waals surface area contributed by atoms with Crippen molar-refractivity contribution in [2.75, 3.05) is 4.90 Å². The zero-order valence-corrected chi connectivity index (χ0v) is 26.3. The van der Waals surface area contributed by atoms with Crippen LogP contribution >= 0.6 is 0 Å². The smallest absolute Gasteiger partial charge is 0.159 e. The lowest BCUT2D eigenvalue weighted by Crippen LogP contribution is -2.12. The number of ether oxygens (including phenoxy) is 1. The Morgan fingerprint density at radius 1 is 0.354 bits per heavy atom. The maximum atomic E-state index is 7.01. The highest BCUT2D eigenvalue weighted by molar-refractivity contribution is 6.10. The third-order valence-electron chi connectivity index (χ3n) is 9.28. The van der Waals surface area contributed by atoms with E-state index in [1.54, 1.807) is 0 Å². The Labute approximate surface area is 280 Å². The van der Waals surface area contributed by atoms with Gasteiger partial charge in [-0.1, -0.05) is 152 Å². The van der Waals surface area contributed by atoms with Crippen LogP contribution in [0.3, 0.4) is 0 Å². The number of fused-ring (bicyclic) bond motifs is 2. The first-order valence-electron chi connectivity index (χ1n) is 16.4. The average Bonchev–Trinajstić information content (AvgIpc) is 3.17. The van der Waals surface area contributed by atoms with Crippen LogP contribution in [-0.4, -0.2) is 0 Å². The molecule has 0 saturated carbocycles. The monoisotopic (exact) mass is 613 g/mol. The zero-order chi connectivity index (χ0) is 31.9. The summed E-state index contributed by atoms with van der Waals surface area (Å²) in [5.74, 6) is 1.72. The molecule has 0 bridgehead atoms. The van der Waals surface area contributed by atoms with Gasteiger partial charge >= 0.3 is 0 Å². The minimum Gasteiger partial charge on any atom is -0.454 e. The summed E-state index contributed by atoms with van der Waals surface area (Å²) < 4.78 is 7.01. The lowest BCUT2D eigenvalue weighted by Gasteiger charge is -2.31. The van der Waals surface area contributed by atoms with Crippen LogP contribution in [0.15, 0.2) is 188 Å². The molecule has 0 aromatic heterocycles. The third kappa shape index (κ3) is 4.83. The van der Waals surface area contributed by atoms with E-state index >= 15 is 0 Å². The van der Waals surface area contributed by atoms with E-state index in [4.69, 9.17) is 4.74 Å². The first kappa shape index (κ1) is 27.9. The summed E-state index contributed by atoms with van der Waals surface area (Å²) in [5, 5.41) is 2.27. The standard InChI is InChI=1S/C46H31NO/c1-4-12-32(13-5-1)34-22-27-38(28-23-34)47(39-29-24-35(25-30-39)33-14-6-2-7-15-33)42-31-26-37-18-10-20-41-44(37)46(42)48-43-21-11-19-40(45(41)43)36-16-8-3-9-17-36/h1-31H. The van der Waals surface area contributed by atoms with Crippen LogP contribution in [0.2, 0.25) is 0 Å². The molecule has 2 heteroatoms. The predicted octanol–water partition coefficient (Wildman–Crippen LogP) is 13.1. The lowest BCUT2D eigenvalue weighted by molar-refractivity contribution is 0.488. The summed E-state index contributed by atoms with van der Waals surface area (Å²) in [5.41, 5.74) is 12.5. The van der Waals surface area contributed by atoms with Crippen molar-refractivity contribution < 1.29 is 4.74 Å². The van der Waals surface area contributed by atoms with E-state index in [0.29, 0.717) is 0 Å². The Morgan fingerprint density at radius 3 is 1.44 bits per heavy atom. The number of hydrogen-bond acceptors (Lipinski definition) is 2. The van der Waals surface area contributed by atoms with Gasteiger partial charge in [0.15, 0.2) is 5.75 Å². The summed E-state index contributed by atoms with van der Waals surface area (Å²) in [6.45, 7) is 0. The van der Waals surface area contributed by atoms with Gasteiger partial charge in [-0.3, -0.25) is 0 Å². The molecule has 0 unspecified atom stereocenters. The van der Waals surface area contributed by atoms with Crippen LogP contribution in [0, 0.1) is 0 Å². The minimum absolute atomic E-state index is 0.861. The fourth-order valence-electron chi connectivity index (χ4n) is 6.98. The normalized spacial score (nSPS) is 11.5. The number of hydrogen-bond donors (Lipinski definition) is 0. The molecule has 0 fully saturated rings. The van der Waals surface area contributed by atoms with Crippen molar-refractivity contribution in [1.82, 2.24) is 0 Å². The molecule has 9 rings (SSSR count). The van der Waals surface area contributed by atoms with Crippen LogP contribution in [0.4, 0.5) is 17.1 Å². The van der Waals surface area contributed by atoms with Crippen molar-refractivity contribution in [3.8, 4) is 56.0 Å². The average molecular weight is 614 g/mol. The molecule has 0 radical (unpaired) electrons. The van der Waals surface area contributed by atoms with E-state index in [1.165, 1.54) is 38.9 Å². The Bertz CT molecular complexity index is 2300.